The van der Waals surface area contributed by atoms with E-state index in [0.717, 1.165) is 0 Å². The van der Waals surface area contributed by atoms with Crippen molar-refractivity contribution in [2.45, 2.75) is 6.43 Å². The van der Waals surface area contributed by atoms with Gasteiger partial charge in [0, 0.05) is 3.57 Å². The molecule has 0 unspecified atom stereocenters. The molecule has 0 fully saturated rings. The highest BCUT2D eigenvalue weighted by molar-refractivity contribution is 14.1. The van der Waals surface area contributed by atoms with E-state index in [9.17, 15) is 13.6 Å². The predicted molar refractivity (Wildman–Crippen MR) is 58.6 cm³/mol. The van der Waals surface area contributed by atoms with Crippen molar-refractivity contribution >= 4 is 39.4 Å². The van der Waals surface area contributed by atoms with Crippen molar-refractivity contribution < 1.29 is 18.3 Å². The summed E-state index contributed by atoms with van der Waals surface area (Å²) in [4.78, 5) is 14.4. The number of methoxy groups -OCH3 is 1. The Balaban J connectivity index is 3.35. The van der Waals surface area contributed by atoms with Gasteiger partial charge in [-0.15, -0.1) is 0 Å². The summed E-state index contributed by atoms with van der Waals surface area (Å²) in [6.07, 6.45) is -2.72. The largest absolute Gasteiger partial charge is 0.480 e. The fraction of sp³-hybridized carbons (Fsp3) is 0.250. The standard InChI is InChI=1S/C8H5ClF2INO2/c1-15-8-3(6(9)14)2-4(12)5(13-8)7(10)11/h2,7H,1H3. The summed E-state index contributed by atoms with van der Waals surface area (Å²) in [6, 6.07) is 1.23. The van der Waals surface area contributed by atoms with Crippen molar-refractivity contribution in [2.75, 3.05) is 7.11 Å². The Hall–Kier alpha value is -0.500. The van der Waals surface area contributed by atoms with Crippen molar-refractivity contribution in [1.29, 1.82) is 0 Å². The van der Waals surface area contributed by atoms with Crippen LogP contribution in [-0.4, -0.2) is 17.3 Å². The van der Waals surface area contributed by atoms with Gasteiger partial charge in [0.15, 0.2) is 0 Å². The topological polar surface area (TPSA) is 39.2 Å². The Kier molecular flexibility index (Phi) is 4.21. The second-order valence-corrected chi connectivity index (χ2v) is 3.99. The molecule has 0 aliphatic carbocycles. The molecule has 82 valence electrons. The molecule has 0 aromatic carbocycles. The third-order valence-electron chi connectivity index (χ3n) is 1.58. The van der Waals surface area contributed by atoms with Gasteiger partial charge in [-0.1, -0.05) is 0 Å². The van der Waals surface area contributed by atoms with Gasteiger partial charge in [0.2, 0.25) is 5.88 Å². The van der Waals surface area contributed by atoms with E-state index in [1.54, 1.807) is 22.6 Å². The molecule has 1 rings (SSSR count). The molecule has 0 bridgehead atoms. The highest BCUT2D eigenvalue weighted by Gasteiger charge is 2.20. The zero-order valence-corrected chi connectivity index (χ0v) is 10.3. The van der Waals surface area contributed by atoms with Crippen molar-refractivity contribution in [3.8, 4) is 5.88 Å². The number of ether oxygens (including phenoxy) is 1. The van der Waals surface area contributed by atoms with Crippen LogP contribution >= 0.6 is 34.2 Å². The fourth-order valence-corrected chi connectivity index (χ4v) is 1.74. The Morgan fingerprint density at radius 2 is 2.27 bits per heavy atom. The SMILES string of the molecule is COc1nc(C(F)F)c(I)cc1C(=O)Cl. The maximum atomic E-state index is 12.4. The minimum Gasteiger partial charge on any atom is -0.480 e. The number of nitrogens with zero attached hydrogens (tertiary/aromatic N) is 1. The number of carbonyl (C=O) groups excluding carboxylic acids is 1. The predicted octanol–water partition coefficient (Wildman–Crippen LogP) is 3.01. The van der Waals surface area contributed by atoms with Crippen molar-refractivity contribution in [2.24, 2.45) is 0 Å². The molecule has 1 aromatic heterocycles. The molecule has 0 saturated carbocycles. The number of pyridine rings is 1. The van der Waals surface area contributed by atoms with Gasteiger partial charge in [-0.25, -0.2) is 13.8 Å². The van der Waals surface area contributed by atoms with Crippen molar-refractivity contribution in [3.05, 3.63) is 20.9 Å². The van der Waals surface area contributed by atoms with E-state index in [1.807, 2.05) is 0 Å². The molecule has 0 atom stereocenters. The molecule has 0 radical (unpaired) electrons. The molecular formula is C8H5ClF2INO2. The van der Waals surface area contributed by atoms with Gasteiger partial charge in [0.25, 0.3) is 11.7 Å². The number of halogens is 4. The molecule has 3 nitrogen and oxygen atoms in total. The van der Waals surface area contributed by atoms with Crippen LogP contribution in [0, 0.1) is 3.57 Å². The lowest BCUT2D eigenvalue weighted by Crippen LogP contribution is -2.04. The summed E-state index contributed by atoms with van der Waals surface area (Å²) in [5, 5.41) is -0.793. The highest BCUT2D eigenvalue weighted by Crippen LogP contribution is 2.28. The van der Waals surface area contributed by atoms with Gasteiger partial charge >= 0.3 is 0 Å². The summed E-state index contributed by atoms with van der Waals surface area (Å²) >= 11 is 6.90. The average Bonchev–Trinajstić information content (AvgIpc) is 2.16. The van der Waals surface area contributed by atoms with E-state index in [1.165, 1.54) is 13.2 Å². The average molecular weight is 347 g/mol. The normalized spacial score (nSPS) is 10.5. The minimum absolute atomic E-state index is 0.0204. The molecule has 0 aliphatic heterocycles. The van der Waals surface area contributed by atoms with E-state index in [2.05, 4.69) is 4.98 Å². The third kappa shape index (κ3) is 2.75. The number of hydrogen-bond acceptors (Lipinski definition) is 3. The Labute approximate surface area is 103 Å². The Morgan fingerprint density at radius 1 is 1.67 bits per heavy atom. The van der Waals surface area contributed by atoms with Gasteiger partial charge in [0.05, 0.1) is 12.7 Å². The Morgan fingerprint density at radius 3 is 2.67 bits per heavy atom. The molecular weight excluding hydrogens is 342 g/mol. The van der Waals surface area contributed by atoms with Crippen LogP contribution in [-0.2, 0) is 0 Å². The first-order chi connectivity index (χ1) is 6.97. The van der Waals surface area contributed by atoms with E-state index < -0.39 is 17.4 Å². The summed E-state index contributed by atoms with van der Waals surface area (Å²) in [5.41, 5.74) is -0.443. The lowest BCUT2D eigenvalue weighted by atomic mass is 10.2. The first kappa shape index (κ1) is 12.6. The quantitative estimate of drug-likeness (QED) is 0.623. The van der Waals surface area contributed by atoms with Crippen LogP contribution in [0.3, 0.4) is 0 Å². The fourth-order valence-electron chi connectivity index (χ4n) is 0.935. The van der Waals surface area contributed by atoms with E-state index in [4.69, 9.17) is 16.3 Å². The second kappa shape index (κ2) is 5.02. The van der Waals surface area contributed by atoms with Crippen LogP contribution in [0.5, 0.6) is 5.88 Å². The van der Waals surface area contributed by atoms with Crippen LogP contribution in [0.25, 0.3) is 0 Å². The van der Waals surface area contributed by atoms with Crippen LogP contribution in [0.15, 0.2) is 6.07 Å². The van der Waals surface area contributed by atoms with Crippen LogP contribution in [0.4, 0.5) is 8.78 Å². The van der Waals surface area contributed by atoms with Gasteiger partial charge in [-0.05, 0) is 40.3 Å². The maximum absolute atomic E-state index is 12.4. The minimum atomic E-state index is -2.72. The molecule has 7 heteroatoms. The smallest absolute Gasteiger partial charge is 0.281 e. The molecule has 0 amide bonds. The molecule has 15 heavy (non-hydrogen) atoms. The number of aromatic nitrogens is 1. The van der Waals surface area contributed by atoms with E-state index >= 15 is 0 Å². The van der Waals surface area contributed by atoms with Gasteiger partial charge in [-0.3, -0.25) is 4.79 Å². The van der Waals surface area contributed by atoms with Crippen LogP contribution in [0.1, 0.15) is 22.5 Å². The highest BCUT2D eigenvalue weighted by atomic mass is 127. The summed E-state index contributed by atoms with van der Waals surface area (Å²) in [6.45, 7) is 0. The third-order valence-corrected chi connectivity index (χ3v) is 2.65. The van der Waals surface area contributed by atoms with E-state index in [0.29, 0.717) is 0 Å². The molecule has 0 aliphatic rings. The van der Waals surface area contributed by atoms with Gasteiger partial charge in [-0.2, -0.15) is 0 Å². The number of alkyl halides is 2. The van der Waals surface area contributed by atoms with Crippen molar-refractivity contribution in [3.63, 3.8) is 0 Å². The van der Waals surface area contributed by atoms with Crippen molar-refractivity contribution in [1.82, 2.24) is 4.98 Å². The molecule has 0 saturated heterocycles. The van der Waals surface area contributed by atoms with Gasteiger partial charge < -0.3 is 4.74 Å². The van der Waals surface area contributed by atoms with Crippen LogP contribution < -0.4 is 4.74 Å². The second-order valence-electron chi connectivity index (χ2n) is 2.49. The molecule has 1 heterocycles. The molecule has 1 aromatic rings. The zero-order valence-electron chi connectivity index (χ0n) is 7.43. The number of rotatable bonds is 3. The molecule has 0 spiro atoms. The number of carbonyl (C=O) groups is 1. The molecule has 0 N–H and O–H groups in total. The van der Waals surface area contributed by atoms with Gasteiger partial charge in [0.1, 0.15) is 5.69 Å². The first-order valence-electron chi connectivity index (χ1n) is 3.69. The number of hydrogen-bond donors (Lipinski definition) is 0. The Bertz CT molecular complexity index is 400. The first-order valence-corrected chi connectivity index (χ1v) is 5.15. The monoisotopic (exact) mass is 347 g/mol. The zero-order chi connectivity index (χ0) is 11.6. The van der Waals surface area contributed by atoms with E-state index in [-0.39, 0.29) is 15.0 Å². The van der Waals surface area contributed by atoms with Crippen LogP contribution in [0.2, 0.25) is 0 Å². The maximum Gasteiger partial charge on any atom is 0.281 e. The summed E-state index contributed by atoms with van der Waals surface area (Å²) < 4.78 is 29.7. The lowest BCUT2D eigenvalue weighted by Gasteiger charge is -2.08. The summed E-state index contributed by atoms with van der Waals surface area (Å²) in [5.74, 6) is -0.189. The summed E-state index contributed by atoms with van der Waals surface area (Å²) in [7, 11) is 1.23. The lowest BCUT2D eigenvalue weighted by molar-refractivity contribution is 0.107.